The molecule has 1 rings (SSSR count). The molecule has 0 aromatic heterocycles. The van der Waals surface area contributed by atoms with Crippen LogP contribution in [0.25, 0.3) is 0 Å². The van der Waals surface area contributed by atoms with Crippen molar-refractivity contribution < 1.29 is 4.74 Å². The molecule has 0 unspecified atom stereocenters. The SMILES string of the molecule is CC(C)CCOCCC1(C(C)C)CNC1. The average Bonchev–Trinajstić information content (AvgIpc) is 2.06. The molecule has 0 aromatic carbocycles. The maximum absolute atomic E-state index is 5.70. The second-order valence-corrected chi connectivity index (χ2v) is 5.67. The van der Waals surface area contributed by atoms with Gasteiger partial charge in [-0.25, -0.2) is 0 Å². The van der Waals surface area contributed by atoms with Gasteiger partial charge >= 0.3 is 0 Å². The second-order valence-electron chi connectivity index (χ2n) is 5.67. The third kappa shape index (κ3) is 3.76. The van der Waals surface area contributed by atoms with E-state index in [1.165, 1.54) is 25.9 Å². The monoisotopic (exact) mass is 213 g/mol. The third-order valence-corrected chi connectivity index (χ3v) is 3.76. The van der Waals surface area contributed by atoms with Gasteiger partial charge in [0.15, 0.2) is 0 Å². The van der Waals surface area contributed by atoms with Crippen LogP contribution in [0.2, 0.25) is 0 Å². The Morgan fingerprint density at radius 1 is 1.13 bits per heavy atom. The van der Waals surface area contributed by atoms with Gasteiger partial charge in [-0.1, -0.05) is 27.7 Å². The van der Waals surface area contributed by atoms with E-state index >= 15 is 0 Å². The molecular weight excluding hydrogens is 186 g/mol. The molecular formula is C13H27NO. The summed E-state index contributed by atoms with van der Waals surface area (Å²) in [7, 11) is 0. The molecule has 90 valence electrons. The first-order valence-corrected chi connectivity index (χ1v) is 6.35. The molecule has 2 heteroatoms. The lowest BCUT2D eigenvalue weighted by Gasteiger charge is -2.46. The van der Waals surface area contributed by atoms with Gasteiger partial charge in [-0.3, -0.25) is 0 Å². The Hall–Kier alpha value is -0.0800. The van der Waals surface area contributed by atoms with E-state index in [9.17, 15) is 0 Å². The largest absolute Gasteiger partial charge is 0.381 e. The molecule has 0 spiro atoms. The van der Waals surface area contributed by atoms with Gasteiger partial charge in [-0.05, 0) is 30.1 Å². The van der Waals surface area contributed by atoms with Crippen molar-refractivity contribution in [2.45, 2.75) is 40.5 Å². The molecule has 0 bridgehead atoms. The van der Waals surface area contributed by atoms with Gasteiger partial charge in [0.2, 0.25) is 0 Å². The molecule has 1 aliphatic heterocycles. The average molecular weight is 213 g/mol. The summed E-state index contributed by atoms with van der Waals surface area (Å²) in [6, 6.07) is 0. The predicted molar refractivity (Wildman–Crippen MR) is 65.0 cm³/mol. The minimum atomic E-state index is 0.526. The van der Waals surface area contributed by atoms with Crippen LogP contribution in [0.1, 0.15) is 40.5 Å². The molecule has 0 amide bonds. The van der Waals surface area contributed by atoms with Crippen molar-refractivity contribution in [3.8, 4) is 0 Å². The number of ether oxygens (including phenoxy) is 1. The highest BCUT2D eigenvalue weighted by Gasteiger charge is 2.39. The highest BCUT2D eigenvalue weighted by atomic mass is 16.5. The standard InChI is InChI=1S/C13H27NO/c1-11(2)5-7-15-8-6-13(12(3)4)9-14-10-13/h11-12,14H,5-10H2,1-4H3. The lowest BCUT2D eigenvalue weighted by molar-refractivity contribution is 0.0311. The maximum atomic E-state index is 5.70. The molecule has 1 N–H and O–H groups in total. The van der Waals surface area contributed by atoms with Crippen molar-refractivity contribution in [1.29, 1.82) is 0 Å². The Bertz CT molecular complexity index is 173. The smallest absolute Gasteiger partial charge is 0.0472 e. The van der Waals surface area contributed by atoms with Crippen LogP contribution < -0.4 is 5.32 Å². The molecule has 1 fully saturated rings. The van der Waals surface area contributed by atoms with Crippen molar-refractivity contribution >= 4 is 0 Å². The number of hydrogen-bond donors (Lipinski definition) is 1. The fourth-order valence-corrected chi connectivity index (χ4v) is 2.02. The summed E-state index contributed by atoms with van der Waals surface area (Å²) in [4.78, 5) is 0. The van der Waals surface area contributed by atoms with Crippen LogP contribution in [-0.2, 0) is 4.74 Å². The van der Waals surface area contributed by atoms with Gasteiger partial charge in [0, 0.05) is 26.3 Å². The highest BCUT2D eigenvalue weighted by molar-refractivity contribution is 4.94. The van der Waals surface area contributed by atoms with E-state index in [1.807, 2.05) is 0 Å². The Kier molecular flexibility index (Phi) is 5.07. The van der Waals surface area contributed by atoms with Crippen LogP contribution in [0.4, 0.5) is 0 Å². The van der Waals surface area contributed by atoms with E-state index in [0.29, 0.717) is 5.41 Å². The molecule has 0 radical (unpaired) electrons. The first-order valence-electron chi connectivity index (χ1n) is 6.35. The molecule has 1 heterocycles. The molecule has 1 aliphatic rings. The van der Waals surface area contributed by atoms with Crippen LogP contribution in [0, 0.1) is 17.3 Å². The van der Waals surface area contributed by atoms with E-state index in [4.69, 9.17) is 4.74 Å². The summed E-state index contributed by atoms with van der Waals surface area (Å²) in [5.41, 5.74) is 0.526. The normalized spacial score (nSPS) is 19.6. The molecule has 0 aliphatic carbocycles. The summed E-state index contributed by atoms with van der Waals surface area (Å²) in [6.45, 7) is 13.4. The number of hydrogen-bond acceptors (Lipinski definition) is 2. The summed E-state index contributed by atoms with van der Waals surface area (Å²) in [6.07, 6.45) is 2.41. The first-order chi connectivity index (χ1) is 7.07. The van der Waals surface area contributed by atoms with Crippen molar-refractivity contribution in [2.75, 3.05) is 26.3 Å². The zero-order chi connectivity index (χ0) is 11.3. The van der Waals surface area contributed by atoms with E-state index in [0.717, 1.165) is 25.0 Å². The Labute approximate surface area is 94.8 Å². The first kappa shape index (κ1) is 13.0. The Morgan fingerprint density at radius 3 is 2.20 bits per heavy atom. The zero-order valence-corrected chi connectivity index (χ0v) is 10.8. The van der Waals surface area contributed by atoms with Gasteiger partial charge in [0.1, 0.15) is 0 Å². The number of nitrogens with one attached hydrogen (secondary N) is 1. The maximum Gasteiger partial charge on any atom is 0.0472 e. The summed E-state index contributed by atoms with van der Waals surface area (Å²) in [5.74, 6) is 1.53. The summed E-state index contributed by atoms with van der Waals surface area (Å²) in [5, 5.41) is 3.39. The molecule has 15 heavy (non-hydrogen) atoms. The van der Waals surface area contributed by atoms with Gasteiger partial charge in [0.25, 0.3) is 0 Å². The second kappa shape index (κ2) is 5.86. The Balaban J connectivity index is 2.08. The van der Waals surface area contributed by atoms with Crippen molar-refractivity contribution in [2.24, 2.45) is 17.3 Å². The lowest BCUT2D eigenvalue weighted by Crippen LogP contribution is -2.56. The van der Waals surface area contributed by atoms with Crippen LogP contribution in [0.5, 0.6) is 0 Å². The lowest BCUT2D eigenvalue weighted by atomic mass is 9.70. The van der Waals surface area contributed by atoms with Crippen LogP contribution in [0.3, 0.4) is 0 Å². The fourth-order valence-electron chi connectivity index (χ4n) is 2.02. The number of rotatable bonds is 7. The zero-order valence-electron chi connectivity index (χ0n) is 10.8. The van der Waals surface area contributed by atoms with Crippen LogP contribution in [0.15, 0.2) is 0 Å². The van der Waals surface area contributed by atoms with Gasteiger partial charge < -0.3 is 10.1 Å². The van der Waals surface area contributed by atoms with Gasteiger partial charge in [0.05, 0.1) is 0 Å². The van der Waals surface area contributed by atoms with E-state index in [1.54, 1.807) is 0 Å². The molecule has 0 atom stereocenters. The highest BCUT2D eigenvalue weighted by Crippen LogP contribution is 2.35. The van der Waals surface area contributed by atoms with Gasteiger partial charge in [-0.2, -0.15) is 0 Å². The van der Waals surface area contributed by atoms with Gasteiger partial charge in [-0.15, -0.1) is 0 Å². The molecule has 0 saturated carbocycles. The van der Waals surface area contributed by atoms with E-state index in [-0.39, 0.29) is 0 Å². The quantitative estimate of drug-likeness (QED) is 0.657. The fraction of sp³-hybridized carbons (Fsp3) is 1.00. The third-order valence-electron chi connectivity index (χ3n) is 3.76. The minimum absolute atomic E-state index is 0.526. The van der Waals surface area contributed by atoms with Crippen molar-refractivity contribution in [3.63, 3.8) is 0 Å². The molecule has 1 saturated heterocycles. The van der Waals surface area contributed by atoms with Crippen molar-refractivity contribution in [3.05, 3.63) is 0 Å². The van der Waals surface area contributed by atoms with E-state index in [2.05, 4.69) is 33.0 Å². The van der Waals surface area contributed by atoms with E-state index < -0.39 is 0 Å². The predicted octanol–water partition coefficient (Wildman–Crippen LogP) is 2.68. The topological polar surface area (TPSA) is 21.3 Å². The van der Waals surface area contributed by atoms with Crippen LogP contribution in [-0.4, -0.2) is 26.3 Å². The Morgan fingerprint density at radius 2 is 1.80 bits per heavy atom. The molecule has 2 nitrogen and oxygen atoms in total. The summed E-state index contributed by atoms with van der Waals surface area (Å²) < 4.78 is 5.70. The summed E-state index contributed by atoms with van der Waals surface area (Å²) >= 11 is 0. The molecule has 0 aromatic rings. The van der Waals surface area contributed by atoms with Crippen LogP contribution >= 0.6 is 0 Å². The minimum Gasteiger partial charge on any atom is -0.381 e. The van der Waals surface area contributed by atoms with Crippen molar-refractivity contribution in [1.82, 2.24) is 5.32 Å².